The maximum atomic E-state index is 13.0. The maximum Gasteiger partial charge on any atom is 0.244 e. The van der Waals surface area contributed by atoms with Gasteiger partial charge in [0.2, 0.25) is 5.91 Å². The van der Waals surface area contributed by atoms with E-state index >= 15 is 0 Å². The molecule has 1 aromatic carbocycles. The lowest BCUT2D eigenvalue weighted by Crippen LogP contribution is -2.41. The smallest absolute Gasteiger partial charge is 0.244 e. The SMILES string of the molecule is CCN(C)C(C(=O)N1CCC(CNC)C1)c1ccccc1. The first kappa shape index (κ1) is 16.0. The highest BCUT2D eigenvalue weighted by Crippen LogP contribution is 2.25. The predicted octanol–water partition coefficient (Wildman–Crippen LogP) is 1.75. The predicted molar refractivity (Wildman–Crippen MR) is 86.1 cm³/mol. The van der Waals surface area contributed by atoms with Gasteiger partial charge in [0.25, 0.3) is 0 Å². The molecule has 4 heteroatoms. The van der Waals surface area contributed by atoms with Gasteiger partial charge in [0.1, 0.15) is 6.04 Å². The van der Waals surface area contributed by atoms with Crippen LogP contribution >= 0.6 is 0 Å². The second-order valence-electron chi connectivity index (χ2n) is 5.88. The lowest BCUT2D eigenvalue weighted by Gasteiger charge is -2.30. The van der Waals surface area contributed by atoms with Gasteiger partial charge in [-0.1, -0.05) is 37.3 Å². The maximum absolute atomic E-state index is 13.0. The normalized spacial score (nSPS) is 20.0. The van der Waals surface area contributed by atoms with Crippen LogP contribution in [0, 0.1) is 5.92 Å². The van der Waals surface area contributed by atoms with Crippen molar-refractivity contribution in [1.29, 1.82) is 0 Å². The Labute approximate surface area is 128 Å². The third-order valence-corrected chi connectivity index (χ3v) is 4.38. The second kappa shape index (κ2) is 7.57. The van der Waals surface area contributed by atoms with Gasteiger partial charge in [0.05, 0.1) is 0 Å². The molecule has 1 amide bonds. The molecule has 0 aliphatic carbocycles. The molecule has 1 aliphatic heterocycles. The number of nitrogens with zero attached hydrogens (tertiary/aromatic N) is 2. The molecule has 1 aliphatic rings. The Bertz CT molecular complexity index is 449. The standard InChI is InChI=1S/C17H27N3O/c1-4-19(3)16(15-8-6-5-7-9-15)17(21)20-11-10-14(13-20)12-18-2/h5-9,14,16,18H,4,10-13H2,1-3H3. The molecule has 0 spiro atoms. The van der Waals surface area contributed by atoms with Crippen LogP contribution in [-0.2, 0) is 4.79 Å². The first-order valence-corrected chi connectivity index (χ1v) is 7.86. The van der Waals surface area contributed by atoms with Crippen LogP contribution in [-0.4, -0.2) is 56.0 Å². The number of likely N-dealkylation sites (tertiary alicyclic amines) is 1. The largest absolute Gasteiger partial charge is 0.341 e. The van der Waals surface area contributed by atoms with Gasteiger partial charge < -0.3 is 10.2 Å². The number of likely N-dealkylation sites (N-methyl/N-ethyl adjacent to an activating group) is 1. The Morgan fingerprint density at radius 2 is 2.14 bits per heavy atom. The highest BCUT2D eigenvalue weighted by Gasteiger charge is 2.33. The summed E-state index contributed by atoms with van der Waals surface area (Å²) in [6, 6.07) is 9.95. The van der Waals surface area contributed by atoms with Crippen molar-refractivity contribution in [3.8, 4) is 0 Å². The average Bonchev–Trinajstić information content (AvgIpc) is 2.97. The van der Waals surface area contributed by atoms with Crippen LogP contribution in [0.2, 0.25) is 0 Å². The minimum Gasteiger partial charge on any atom is -0.341 e. The molecule has 1 fully saturated rings. The van der Waals surface area contributed by atoms with Crippen molar-refractivity contribution in [2.45, 2.75) is 19.4 Å². The van der Waals surface area contributed by atoms with Gasteiger partial charge in [0, 0.05) is 13.1 Å². The van der Waals surface area contributed by atoms with E-state index in [1.165, 1.54) is 0 Å². The molecule has 1 aromatic rings. The quantitative estimate of drug-likeness (QED) is 0.866. The fourth-order valence-electron chi connectivity index (χ4n) is 3.06. The zero-order valence-electron chi connectivity index (χ0n) is 13.4. The number of amides is 1. The van der Waals surface area contributed by atoms with E-state index in [1.807, 2.05) is 37.2 Å². The van der Waals surface area contributed by atoms with Crippen LogP contribution in [0.1, 0.15) is 24.9 Å². The minimum atomic E-state index is -0.162. The lowest BCUT2D eigenvalue weighted by atomic mass is 10.0. The molecule has 0 bridgehead atoms. The van der Waals surface area contributed by atoms with E-state index < -0.39 is 0 Å². The van der Waals surface area contributed by atoms with Crippen molar-refractivity contribution in [3.05, 3.63) is 35.9 Å². The van der Waals surface area contributed by atoms with Gasteiger partial charge in [-0.05, 0) is 45.1 Å². The van der Waals surface area contributed by atoms with E-state index in [-0.39, 0.29) is 11.9 Å². The molecule has 0 radical (unpaired) electrons. The lowest BCUT2D eigenvalue weighted by molar-refractivity contribution is -0.135. The first-order chi connectivity index (χ1) is 10.2. The molecule has 4 nitrogen and oxygen atoms in total. The summed E-state index contributed by atoms with van der Waals surface area (Å²) in [6.45, 7) is 5.70. The monoisotopic (exact) mass is 289 g/mol. The third kappa shape index (κ3) is 3.83. The number of hydrogen-bond acceptors (Lipinski definition) is 3. The molecule has 1 saturated heterocycles. The van der Waals surface area contributed by atoms with Crippen LogP contribution in [0.3, 0.4) is 0 Å². The van der Waals surface area contributed by atoms with Gasteiger partial charge in [-0.25, -0.2) is 0 Å². The average molecular weight is 289 g/mol. The topological polar surface area (TPSA) is 35.6 Å². The first-order valence-electron chi connectivity index (χ1n) is 7.86. The summed E-state index contributed by atoms with van der Waals surface area (Å²) in [7, 11) is 4.00. The van der Waals surface area contributed by atoms with Crippen molar-refractivity contribution < 1.29 is 4.79 Å². The van der Waals surface area contributed by atoms with Crippen molar-refractivity contribution in [3.63, 3.8) is 0 Å². The molecule has 21 heavy (non-hydrogen) atoms. The van der Waals surface area contributed by atoms with Gasteiger partial charge in [-0.3, -0.25) is 9.69 Å². The summed E-state index contributed by atoms with van der Waals surface area (Å²) in [5.74, 6) is 0.825. The second-order valence-corrected chi connectivity index (χ2v) is 5.88. The number of carbonyl (C=O) groups excluding carboxylic acids is 1. The van der Waals surface area contributed by atoms with Crippen molar-refractivity contribution >= 4 is 5.91 Å². The third-order valence-electron chi connectivity index (χ3n) is 4.38. The molecular formula is C17H27N3O. The van der Waals surface area contributed by atoms with E-state index in [1.54, 1.807) is 0 Å². The molecule has 0 saturated carbocycles. The number of nitrogens with one attached hydrogen (secondary N) is 1. The van der Waals surface area contributed by atoms with Crippen LogP contribution in [0.15, 0.2) is 30.3 Å². The van der Waals surface area contributed by atoms with Gasteiger partial charge in [0.15, 0.2) is 0 Å². The Balaban J connectivity index is 2.12. The number of carbonyl (C=O) groups is 1. The summed E-state index contributed by atoms with van der Waals surface area (Å²) in [5, 5.41) is 3.22. The number of rotatable bonds is 6. The summed E-state index contributed by atoms with van der Waals surface area (Å²) in [5.41, 5.74) is 1.09. The van der Waals surface area contributed by atoms with Crippen LogP contribution in [0.4, 0.5) is 0 Å². The Kier molecular flexibility index (Phi) is 5.76. The van der Waals surface area contributed by atoms with Crippen LogP contribution < -0.4 is 5.32 Å². The fraction of sp³-hybridized carbons (Fsp3) is 0.588. The van der Waals surface area contributed by atoms with E-state index in [2.05, 4.69) is 29.3 Å². The highest BCUT2D eigenvalue weighted by molar-refractivity contribution is 5.83. The van der Waals surface area contributed by atoms with E-state index in [0.29, 0.717) is 5.92 Å². The van der Waals surface area contributed by atoms with Gasteiger partial charge >= 0.3 is 0 Å². The molecule has 1 heterocycles. The zero-order valence-corrected chi connectivity index (χ0v) is 13.4. The van der Waals surface area contributed by atoms with Crippen molar-refractivity contribution in [2.75, 3.05) is 40.3 Å². The Morgan fingerprint density at radius 1 is 1.43 bits per heavy atom. The molecule has 2 atom stereocenters. The number of hydrogen-bond donors (Lipinski definition) is 1. The molecular weight excluding hydrogens is 262 g/mol. The van der Waals surface area contributed by atoms with Gasteiger partial charge in [-0.2, -0.15) is 0 Å². The number of benzene rings is 1. The van der Waals surface area contributed by atoms with Crippen LogP contribution in [0.25, 0.3) is 0 Å². The van der Waals surface area contributed by atoms with Crippen molar-refractivity contribution in [2.24, 2.45) is 5.92 Å². The van der Waals surface area contributed by atoms with Crippen molar-refractivity contribution in [1.82, 2.24) is 15.1 Å². The van der Waals surface area contributed by atoms with E-state index in [4.69, 9.17) is 0 Å². The minimum absolute atomic E-state index is 0.162. The molecule has 2 rings (SSSR count). The summed E-state index contributed by atoms with van der Waals surface area (Å²) >= 11 is 0. The molecule has 0 aromatic heterocycles. The molecule has 116 valence electrons. The van der Waals surface area contributed by atoms with Crippen LogP contribution in [0.5, 0.6) is 0 Å². The summed E-state index contributed by atoms with van der Waals surface area (Å²) in [4.78, 5) is 17.1. The summed E-state index contributed by atoms with van der Waals surface area (Å²) in [6.07, 6.45) is 1.10. The molecule has 1 N–H and O–H groups in total. The highest BCUT2D eigenvalue weighted by atomic mass is 16.2. The molecule has 2 unspecified atom stereocenters. The fourth-order valence-corrected chi connectivity index (χ4v) is 3.06. The zero-order chi connectivity index (χ0) is 15.2. The Morgan fingerprint density at radius 3 is 2.76 bits per heavy atom. The summed E-state index contributed by atoms with van der Waals surface area (Å²) < 4.78 is 0. The van der Waals surface area contributed by atoms with E-state index in [9.17, 15) is 4.79 Å². The van der Waals surface area contributed by atoms with Gasteiger partial charge in [-0.15, -0.1) is 0 Å². The van der Waals surface area contributed by atoms with E-state index in [0.717, 1.165) is 38.2 Å². The Hall–Kier alpha value is -1.39.